The van der Waals surface area contributed by atoms with Gasteiger partial charge in [0.15, 0.2) is 0 Å². The minimum absolute atomic E-state index is 0.636. The number of nitrogens with one attached hydrogen (secondary N) is 1. The fourth-order valence-electron chi connectivity index (χ4n) is 1.70. The van der Waals surface area contributed by atoms with Crippen molar-refractivity contribution in [2.24, 2.45) is 0 Å². The first-order valence-electron chi connectivity index (χ1n) is 6.32. The van der Waals surface area contributed by atoms with Gasteiger partial charge in [0.25, 0.3) is 0 Å². The third kappa shape index (κ3) is 3.85. The number of anilines is 1. The zero-order valence-electron chi connectivity index (χ0n) is 11.1. The number of aromatic nitrogens is 1. The van der Waals surface area contributed by atoms with E-state index in [1.54, 1.807) is 11.3 Å². The van der Waals surface area contributed by atoms with Gasteiger partial charge in [-0.3, -0.25) is 0 Å². The van der Waals surface area contributed by atoms with Crippen LogP contribution in [0.15, 0.2) is 24.4 Å². The molecule has 0 fully saturated rings. The van der Waals surface area contributed by atoms with Crippen molar-refractivity contribution in [3.8, 4) is 5.75 Å². The first kappa shape index (κ1) is 14.2. The summed E-state index contributed by atoms with van der Waals surface area (Å²) in [5.74, 6) is 0.826. The molecule has 1 heterocycles. The number of benzene rings is 1. The fourth-order valence-corrected chi connectivity index (χ4v) is 2.67. The minimum Gasteiger partial charge on any atom is -0.492 e. The van der Waals surface area contributed by atoms with E-state index in [-0.39, 0.29) is 0 Å². The quantitative estimate of drug-likeness (QED) is 0.859. The molecule has 1 aromatic carbocycles. The number of rotatable bonds is 6. The summed E-state index contributed by atoms with van der Waals surface area (Å²) in [5, 5.41) is 5.21. The molecule has 2 aromatic rings. The molecule has 1 aromatic heterocycles. The highest BCUT2D eigenvalue weighted by Crippen LogP contribution is 2.29. The van der Waals surface area contributed by atoms with Crippen molar-refractivity contribution in [2.75, 3.05) is 11.9 Å². The lowest BCUT2D eigenvalue weighted by Gasteiger charge is -2.12. The Labute approximate surface area is 122 Å². The van der Waals surface area contributed by atoms with Crippen LogP contribution in [0, 0.1) is 0 Å². The predicted molar refractivity (Wildman–Crippen MR) is 81.4 cm³/mol. The molecule has 0 unspecified atom stereocenters. The molecule has 2 rings (SSSR count). The van der Waals surface area contributed by atoms with Crippen LogP contribution < -0.4 is 10.1 Å². The SMILES string of the molecule is CCOc1ccc(Cl)cc1NCc1cnc(CC)s1. The third-order valence-corrected chi connectivity index (χ3v) is 3.98. The zero-order chi connectivity index (χ0) is 13.7. The fraction of sp³-hybridized carbons (Fsp3) is 0.357. The molecule has 0 radical (unpaired) electrons. The Morgan fingerprint density at radius 1 is 1.37 bits per heavy atom. The topological polar surface area (TPSA) is 34.1 Å². The van der Waals surface area contributed by atoms with E-state index in [9.17, 15) is 0 Å². The molecule has 0 atom stereocenters. The number of nitrogens with zero attached hydrogens (tertiary/aromatic N) is 1. The van der Waals surface area contributed by atoms with Gasteiger partial charge in [0, 0.05) is 16.1 Å². The Kier molecular flexibility index (Phi) is 5.05. The highest BCUT2D eigenvalue weighted by Gasteiger charge is 2.06. The molecule has 0 bridgehead atoms. The van der Waals surface area contributed by atoms with E-state index in [4.69, 9.17) is 16.3 Å². The van der Waals surface area contributed by atoms with Crippen LogP contribution in [0.4, 0.5) is 5.69 Å². The van der Waals surface area contributed by atoms with Crippen LogP contribution in [-0.2, 0) is 13.0 Å². The van der Waals surface area contributed by atoms with E-state index in [0.29, 0.717) is 11.6 Å². The van der Waals surface area contributed by atoms with E-state index >= 15 is 0 Å². The van der Waals surface area contributed by atoms with Crippen LogP contribution in [0.2, 0.25) is 5.02 Å². The van der Waals surface area contributed by atoms with Crippen LogP contribution >= 0.6 is 22.9 Å². The van der Waals surface area contributed by atoms with Gasteiger partial charge < -0.3 is 10.1 Å². The van der Waals surface area contributed by atoms with Gasteiger partial charge in [0.05, 0.1) is 23.8 Å². The molecule has 0 aliphatic heterocycles. The van der Waals surface area contributed by atoms with E-state index in [1.165, 1.54) is 4.88 Å². The summed E-state index contributed by atoms with van der Waals surface area (Å²) in [7, 11) is 0. The summed E-state index contributed by atoms with van der Waals surface area (Å²) >= 11 is 7.75. The molecular weight excluding hydrogens is 280 g/mol. The van der Waals surface area contributed by atoms with Crippen LogP contribution in [0.5, 0.6) is 5.75 Å². The Morgan fingerprint density at radius 2 is 2.21 bits per heavy atom. The second-order valence-corrected chi connectivity index (χ2v) is 5.64. The van der Waals surface area contributed by atoms with Gasteiger partial charge in [-0.15, -0.1) is 11.3 Å². The molecule has 5 heteroatoms. The maximum absolute atomic E-state index is 6.02. The van der Waals surface area contributed by atoms with Gasteiger partial charge in [-0.1, -0.05) is 18.5 Å². The summed E-state index contributed by atoms with van der Waals surface area (Å²) in [6.45, 7) is 5.45. The second kappa shape index (κ2) is 6.78. The molecule has 1 N–H and O–H groups in total. The van der Waals surface area contributed by atoms with Gasteiger partial charge in [0.1, 0.15) is 5.75 Å². The summed E-state index contributed by atoms with van der Waals surface area (Å²) in [6, 6.07) is 5.60. The molecular formula is C14H17ClN2OS. The third-order valence-electron chi connectivity index (χ3n) is 2.60. The molecule has 0 aliphatic rings. The van der Waals surface area contributed by atoms with Gasteiger partial charge in [-0.05, 0) is 31.5 Å². The van der Waals surface area contributed by atoms with Crippen LogP contribution in [0.3, 0.4) is 0 Å². The number of ether oxygens (including phenoxy) is 1. The normalized spacial score (nSPS) is 10.5. The molecule has 3 nitrogen and oxygen atoms in total. The van der Waals surface area contributed by atoms with Crippen molar-refractivity contribution in [1.82, 2.24) is 4.98 Å². The number of aryl methyl sites for hydroxylation is 1. The molecule has 0 aliphatic carbocycles. The standard InChI is InChI=1S/C14H17ClN2OS/c1-3-14-17-9-11(19-14)8-16-12-7-10(15)5-6-13(12)18-4-2/h5-7,9,16H,3-4,8H2,1-2H3. The van der Waals surface area contributed by atoms with Crippen molar-refractivity contribution < 1.29 is 4.74 Å². The van der Waals surface area contributed by atoms with Gasteiger partial charge >= 0.3 is 0 Å². The molecule has 0 saturated heterocycles. The Morgan fingerprint density at radius 3 is 2.89 bits per heavy atom. The highest BCUT2D eigenvalue weighted by molar-refractivity contribution is 7.11. The highest BCUT2D eigenvalue weighted by atomic mass is 35.5. The number of hydrogen-bond donors (Lipinski definition) is 1. The predicted octanol–water partition coefficient (Wildman–Crippen LogP) is 4.37. The maximum Gasteiger partial charge on any atom is 0.142 e. The van der Waals surface area contributed by atoms with E-state index in [1.807, 2.05) is 31.3 Å². The number of hydrogen-bond acceptors (Lipinski definition) is 4. The van der Waals surface area contributed by atoms with E-state index in [0.717, 1.165) is 29.4 Å². The minimum atomic E-state index is 0.636. The smallest absolute Gasteiger partial charge is 0.142 e. The molecule has 0 saturated carbocycles. The van der Waals surface area contributed by atoms with Crippen LogP contribution in [0.25, 0.3) is 0 Å². The van der Waals surface area contributed by atoms with Crippen molar-refractivity contribution in [3.63, 3.8) is 0 Å². The van der Waals surface area contributed by atoms with Crippen molar-refractivity contribution in [2.45, 2.75) is 26.8 Å². The summed E-state index contributed by atoms with van der Waals surface area (Å²) in [6.07, 6.45) is 2.90. The van der Waals surface area contributed by atoms with Crippen molar-refractivity contribution in [3.05, 3.63) is 39.3 Å². The van der Waals surface area contributed by atoms with Gasteiger partial charge in [-0.2, -0.15) is 0 Å². The zero-order valence-corrected chi connectivity index (χ0v) is 12.6. The molecule has 0 amide bonds. The van der Waals surface area contributed by atoms with Crippen LogP contribution in [-0.4, -0.2) is 11.6 Å². The first-order chi connectivity index (χ1) is 9.22. The first-order valence-corrected chi connectivity index (χ1v) is 7.52. The summed E-state index contributed by atoms with van der Waals surface area (Å²) < 4.78 is 5.57. The molecule has 102 valence electrons. The second-order valence-electron chi connectivity index (χ2n) is 4.00. The maximum atomic E-state index is 6.02. The van der Waals surface area contributed by atoms with Crippen molar-refractivity contribution in [1.29, 1.82) is 0 Å². The average molecular weight is 297 g/mol. The van der Waals surface area contributed by atoms with Crippen LogP contribution in [0.1, 0.15) is 23.7 Å². The lowest BCUT2D eigenvalue weighted by Crippen LogP contribution is -2.01. The monoisotopic (exact) mass is 296 g/mol. The van der Waals surface area contributed by atoms with Gasteiger partial charge in [-0.25, -0.2) is 4.98 Å². The Hall–Kier alpha value is -1.26. The largest absolute Gasteiger partial charge is 0.492 e. The van der Waals surface area contributed by atoms with Gasteiger partial charge in [0.2, 0.25) is 0 Å². The summed E-state index contributed by atoms with van der Waals surface area (Å²) in [4.78, 5) is 5.55. The molecule has 0 spiro atoms. The summed E-state index contributed by atoms with van der Waals surface area (Å²) in [5.41, 5.74) is 0.917. The molecule has 19 heavy (non-hydrogen) atoms. The number of halogens is 1. The van der Waals surface area contributed by atoms with Crippen molar-refractivity contribution >= 4 is 28.6 Å². The lowest BCUT2D eigenvalue weighted by molar-refractivity contribution is 0.341. The Bertz CT molecular complexity index is 542. The average Bonchev–Trinajstić information content (AvgIpc) is 2.87. The number of thiazole rings is 1. The van der Waals surface area contributed by atoms with E-state index in [2.05, 4.69) is 17.2 Å². The van der Waals surface area contributed by atoms with E-state index < -0.39 is 0 Å². The Balaban J connectivity index is 2.07. The lowest BCUT2D eigenvalue weighted by atomic mass is 10.3.